The molecule has 0 aliphatic heterocycles. The number of rotatable bonds is 11. The summed E-state index contributed by atoms with van der Waals surface area (Å²) in [6.45, 7) is 6.26. The number of aromatic nitrogens is 2. The lowest BCUT2D eigenvalue weighted by molar-refractivity contribution is -0.143. The highest BCUT2D eigenvalue weighted by molar-refractivity contribution is 6.00. The number of nitrogens with one attached hydrogen (secondary N) is 1. The number of hydrogen-bond acceptors (Lipinski definition) is 6. The van der Waals surface area contributed by atoms with E-state index in [-0.39, 0.29) is 35.6 Å². The predicted octanol–water partition coefficient (Wildman–Crippen LogP) is 5.07. The molecule has 8 nitrogen and oxygen atoms in total. The summed E-state index contributed by atoms with van der Waals surface area (Å²) in [6.07, 6.45) is -1.07. The molecule has 3 N–H and O–H groups in total. The number of ketones is 1. The monoisotopic (exact) mass is 522 g/mol. The number of nitrogens with two attached hydrogens (primary N) is 1. The van der Waals surface area contributed by atoms with Crippen molar-refractivity contribution in [1.29, 1.82) is 0 Å². The van der Waals surface area contributed by atoms with Crippen molar-refractivity contribution in [2.24, 2.45) is 11.1 Å². The summed E-state index contributed by atoms with van der Waals surface area (Å²) < 4.78 is 47.4. The third kappa shape index (κ3) is 6.90. The molecule has 202 valence electrons. The van der Waals surface area contributed by atoms with Crippen LogP contribution in [0.2, 0.25) is 0 Å². The normalized spacial score (nSPS) is 14.8. The average Bonchev–Trinajstić information content (AvgIpc) is 3.17. The molecule has 0 radical (unpaired) electrons. The zero-order valence-corrected chi connectivity index (χ0v) is 21.3. The maximum atomic E-state index is 13.8. The highest BCUT2D eigenvalue weighted by Crippen LogP contribution is 2.42. The van der Waals surface area contributed by atoms with Gasteiger partial charge in [-0.15, -0.1) is 0 Å². The molecule has 1 aliphatic carbocycles. The smallest absolute Gasteiger partial charge is 0.435 e. The third-order valence-electron chi connectivity index (χ3n) is 6.26. The van der Waals surface area contributed by atoms with E-state index in [9.17, 15) is 27.6 Å². The van der Waals surface area contributed by atoms with E-state index < -0.39 is 29.0 Å². The van der Waals surface area contributed by atoms with Gasteiger partial charge in [0.25, 0.3) is 5.91 Å². The maximum Gasteiger partial charge on any atom is 0.435 e. The number of Topliss-reactive ketones (excluding diaryl/α,β-unsaturated/α-hetero) is 1. The summed E-state index contributed by atoms with van der Waals surface area (Å²) in [4.78, 5) is 36.1. The summed E-state index contributed by atoms with van der Waals surface area (Å²) in [6, 6.07) is 4.44. The second kappa shape index (κ2) is 11.4. The number of ether oxygens (including phenoxy) is 1. The van der Waals surface area contributed by atoms with Crippen molar-refractivity contribution in [3.8, 4) is 5.69 Å². The van der Waals surface area contributed by atoms with Crippen LogP contribution in [-0.4, -0.2) is 40.6 Å². The Kier molecular flexibility index (Phi) is 8.65. The highest BCUT2D eigenvalue weighted by Gasteiger charge is 2.45. The van der Waals surface area contributed by atoms with E-state index in [1.54, 1.807) is 6.92 Å². The molecule has 1 aromatic carbocycles. The van der Waals surface area contributed by atoms with Gasteiger partial charge in [-0.25, -0.2) is 4.68 Å². The topological polar surface area (TPSA) is 116 Å². The molecule has 0 saturated carbocycles. The number of halogens is 3. The minimum absolute atomic E-state index is 0.00196. The van der Waals surface area contributed by atoms with Crippen LogP contribution in [0.25, 0.3) is 5.69 Å². The molecule has 3 rings (SSSR count). The van der Waals surface area contributed by atoms with Crippen molar-refractivity contribution < 1.29 is 32.3 Å². The standard InChI is InChI=1S/C26H33F3N4O4/c1-4-37-21(35)9-7-5-6-8-12-31-18-13-16(10-11-17(18)24(30)36)33-19-14-25(2,3)15-20(34)22(19)23(32-33)26(27,28)29/h10-11,13,31H,4-9,12,14-15H2,1-3H3,(H2,30,36). The van der Waals surface area contributed by atoms with E-state index in [1.165, 1.54) is 18.2 Å². The number of primary amides is 1. The van der Waals surface area contributed by atoms with Crippen molar-refractivity contribution in [3.63, 3.8) is 0 Å². The molecular weight excluding hydrogens is 489 g/mol. The Morgan fingerprint density at radius 1 is 1.16 bits per heavy atom. The first-order valence-corrected chi connectivity index (χ1v) is 12.4. The Bertz CT molecular complexity index is 1170. The molecular formula is C26H33F3N4O4. The van der Waals surface area contributed by atoms with Crippen LogP contribution in [0, 0.1) is 5.41 Å². The van der Waals surface area contributed by atoms with Gasteiger partial charge in [0.1, 0.15) is 0 Å². The van der Waals surface area contributed by atoms with Crippen LogP contribution >= 0.6 is 0 Å². The lowest BCUT2D eigenvalue weighted by Crippen LogP contribution is -2.29. The van der Waals surface area contributed by atoms with E-state index in [2.05, 4.69) is 10.4 Å². The van der Waals surface area contributed by atoms with Gasteiger partial charge in [0.2, 0.25) is 0 Å². The number of amides is 1. The van der Waals surface area contributed by atoms with Crippen LogP contribution in [0.1, 0.15) is 91.4 Å². The molecule has 2 aromatic rings. The van der Waals surface area contributed by atoms with Crippen molar-refractivity contribution in [1.82, 2.24) is 9.78 Å². The first kappa shape index (κ1) is 28.2. The molecule has 0 fully saturated rings. The zero-order valence-electron chi connectivity index (χ0n) is 21.3. The van der Waals surface area contributed by atoms with Crippen LogP contribution in [-0.2, 0) is 22.1 Å². The van der Waals surface area contributed by atoms with Crippen molar-refractivity contribution >= 4 is 23.3 Å². The molecule has 1 aliphatic rings. The number of fused-ring (bicyclic) bond motifs is 1. The van der Waals surface area contributed by atoms with E-state index in [4.69, 9.17) is 10.5 Å². The van der Waals surface area contributed by atoms with Gasteiger partial charge in [0.15, 0.2) is 11.5 Å². The highest BCUT2D eigenvalue weighted by atomic mass is 19.4. The Balaban J connectivity index is 1.81. The Morgan fingerprint density at radius 3 is 2.51 bits per heavy atom. The number of hydrogen-bond donors (Lipinski definition) is 2. The number of carbonyl (C=O) groups excluding carboxylic acids is 3. The first-order valence-electron chi connectivity index (χ1n) is 12.4. The van der Waals surface area contributed by atoms with E-state index in [1.807, 2.05) is 13.8 Å². The van der Waals surface area contributed by atoms with E-state index >= 15 is 0 Å². The van der Waals surface area contributed by atoms with Crippen LogP contribution < -0.4 is 11.1 Å². The van der Waals surface area contributed by atoms with E-state index in [0.717, 1.165) is 23.9 Å². The maximum absolute atomic E-state index is 13.8. The number of esters is 1. The summed E-state index contributed by atoms with van der Waals surface area (Å²) >= 11 is 0. The minimum atomic E-state index is -4.78. The minimum Gasteiger partial charge on any atom is -0.466 e. The fraction of sp³-hybridized carbons (Fsp3) is 0.538. The quantitative estimate of drug-likeness (QED) is 0.314. The summed E-state index contributed by atoms with van der Waals surface area (Å²) in [5, 5.41) is 6.96. The van der Waals surface area contributed by atoms with E-state index in [0.29, 0.717) is 37.4 Å². The summed E-state index contributed by atoms with van der Waals surface area (Å²) in [5.41, 5.74) is 4.47. The SMILES string of the molecule is CCOC(=O)CCCCCCNc1cc(-n2nc(C(F)(F)F)c3c2CC(C)(C)CC3=O)ccc1C(N)=O. The lowest BCUT2D eigenvalue weighted by atomic mass is 9.75. The molecule has 1 aromatic heterocycles. The van der Waals surface area contributed by atoms with Crippen molar-refractivity contribution in [2.75, 3.05) is 18.5 Å². The fourth-order valence-corrected chi connectivity index (χ4v) is 4.59. The molecule has 1 amide bonds. The third-order valence-corrected chi connectivity index (χ3v) is 6.26. The Morgan fingerprint density at radius 2 is 1.86 bits per heavy atom. The van der Waals surface area contributed by atoms with Crippen LogP contribution in [0.3, 0.4) is 0 Å². The first-order chi connectivity index (χ1) is 17.3. The van der Waals surface area contributed by atoms with Crippen molar-refractivity contribution in [3.05, 3.63) is 40.7 Å². The number of unbranched alkanes of at least 4 members (excludes halogenated alkanes) is 3. The molecule has 0 bridgehead atoms. The van der Waals surface area contributed by atoms with Gasteiger partial charge in [-0.2, -0.15) is 18.3 Å². The molecule has 0 unspecified atom stereocenters. The van der Waals surface area contributed by atoms with Crippen LogP contribution in [0.15, 0.2) is 18.2 Å². The van der Waals surface area contributed by atoms with Crippen molar-refractivity contribution in [2.45, 2.75) is 71.9 Å². The van der Waals surface area contributed by atoms with Gasteiger partial charge < -0.3 is 15.8 Å². The molecule has 0 saturated heterocycles. The predicted molar refractivity (Wildman–Crippen MR) is 132 cm³/mol. The second-order valence-electron chi connectivity index (χ2n) is 10.0. The second-order valence-corrected chi connectivity index (χ2v) is 10.0. The molecule has 1 heterocycles. The number of benzene rings is 1. The Labute approximate surface area is 213 Å². The number of carbonyl (C=O) groups is 3. The lowest BCUT2D eigenvalue weighted by Gasteiger charge is -2.29. The van der Waals surface area contributed by atoms with Gasteiger partial charge in [-0.1, -0.05) is 26.7 Å². The average molecular weight is 523 g/mol. The largest absolute Gasteiger partial charge is 0.466 e. The number of alkyl halides is 3. The van der Waals surface area contributed by atoms with Crippen LogP contribution in [0.5, 0.6) is 0 Å². The zero-order chi connectivity index (χ0) is 27.4. The molecule has 11 heteroatoms. The van der Waals surface area contributed by atoms with Gasteiger partial charge in [0.05, 0.1) is 29.1 Å². The van der Waals surface area contributed by atoms with Gasteiger partial charge in [-0.3, -0.25) is 14.4 Å². The summed E-state index contributed by atoms with van der Waals surface area (Å²) in [7, 11) is 0. The molecule has 0 atom stereocenters. The van der Waals surface area contributed by atoms with Gasteiger partial charge in [-0.05, 0) is 49.8 Å². The Hall–Kier alpha value is -3.37. The number of nitrogens with zero attached hydrogens (tertiary/aromatic N) is 2. The molecule has 37 heavy (non-hydrogen) atoms. The van der Waals surface area contributed by atoms with Gasteiger partial charge in [0, 0.05) is 25.1 Å². The van der Waals surface area contributed by atoms with Crippen LogP contribution in [0.4, 0.5) is 18.9 Å². The number of anilines is 1. The van der Waals surface area contributed by atoms with Gasteiger partial charge >= 0.3 is 12.1 Å². The molecule has 0 spiro atoms. The fourth-order valence-electron chi connectivity index (χ4n) is 4.59. The summed E-state index contributed by atoms with van der Waals surface area (Å²) in [5.74, 6) is -1.48.